The molecule has 20 heavy (non-hydrogen) atoms. The van der Waals surface area contributed by atoms with Gasteiger partial charge in [-0.1, -0.05) is 24.3 Å². The summed E-state index contributed by atoms with van der Waals surface area (Å²) < 4.78 is 51.4. The molecule has 0 bridgehead atoms. The Kier molecular flexibility index (Phi) is 3.83. The van der Waals surface area contributed by atoms with Crippen molar-refractivity contribution in [2.75, 3.05) is 5.32 Å². The van der Waals surface area contributed by atoms with Crippen LogP contribution in [0.1, 0.15) is 11.1 Å². The summed E-state index contributed by atoms with van der Waals surface area (Å²) in [7, 11) is 0. The van der Waals surface area contributed by atoms with E-state index in [-0.39, 0.29) is 17.8 Å². The topological polar surface area (TPSA) is 32.3 Å². The molecule has 0 aliphatic carbocycles. The van der Waals surface area contributed by atoms with E-state index in [1.165, 1.54) is 30.3 Å². The van der Waals surface area contributed by atoms with Gasteiger partial charge in [0.15, 0.2) is 11.6 Å². The number of anilines is 1. The number of para-hydroxylation sites is 2. The fourth-order valence-electron chi connectivity index (χ4n) is 1.78. The Morgan fingerprint density at radius 1 is 1.00 bits per heavy atom. The molecule has 2 aromatic carbocycles. The number of hydrogen-bond acceptors (Lipinski definition) is 2. The third-order valence-electron chi connectivity index (χ3n) is 2.77. The summed E-state index contributed by atoms with van der Waals surface area (Å²) in [6.07, 6.45) is -4.48. The molecule has 0 amide bonds. The van der Waals surface area contributed by atoms with Gasteiger partial charge in [-0.05, 0) is 18.2 Å². The highest BCUT2D eigenvalue weighted by Crippen LogP contribution is 2.35. The molecule has 0 saturated carbocycles. The lowest BCUT2D eigenvalue weighted by molar-refractivity contribution is -0.136. The molecule has 0 unspecified atom stereocenters. The van der Waals surface area contributed by atoms with E-state index < -0.39 is 23.3 Å². The van der Waals surface area contributed by atoms with Crippen LogP contribution in [-0.4, -0.2) is 5.11 Å². The fourth-order valence-corrected chi connectivity index (χ4v) is 1.78. The third kappa shape index (κ3) is 3.01. The maximum Gasteiger partial charge on any atom is 0.418 e. The zero-order valence-electron chi connectivity index (χ0n) is 10.2. The number of phenols is 1. The van der Waals surface area contributed by atoms with Crippen LogP contribution in [0.25, 0.3) is 0 Å². The molecule has 2 aromatic rings. The Bertz CT molecular complexity index is 610. The Morgan fingerprint density at radius 3 is 2.40 bits per heavy atom. The summed E-state index contributed by atoms with van der Waals surface area (Å²) in [6, 6.07) is 8.86. The minimum absolute atomic E-state index is 0.114. The standard InChI is InChI=1S/C14H11F4NO/c15-11-6-3-4-9(13(11)20)8-19-12-7-2-1-5-10(12)14(16,17)18/h1-7,19-20H,8H2. The number of aromatic hydroxyl groups is 1. The van der Waals surface area contributed by atoms with E-state index in [4.69, 9.17) is 0 Å². The minimum Gasteiger partial charge on any atom is -0.505 e. The summed E-state index contributed by atoms with van der Waals surface area (Å²) in [5.74, 6) is -1.38. The second-order valence-corrected chi connectivity index (χ2v) is 4.14. The van der Waals surface area contributed by atoms with E-state index in [1.54, 1.807) is 0 Å². The van der Waals surface area contributed by atoms with Gasteiger partial charge in [0.25, 0.3) is 0 Å². The van der Waals surface area contributed by atoms with Crippen LogP contribution >= 0.6 is 0 Å². The van der Waals surface area contributed by atoms with Gasteiger partial charge >= 0.3 is 6.18 Å². The first-order valence-electron chi connectivity index (χ1n) is 5.76. The van der Waals surface area contributed by atoms with Crippen molar-refractivity contribution in [3.8, 4) is 5.75 Å². The van der Waals surface area contributed by atoms with Crippen LogP contribution in [0.4, 0.5) is 23.2 Å². The molecule has 2 rings (SSSR count). The molecular weight excluding hydrogens is 274 g/mol. The van der Waals surface area contributed by atoms with Gasteiger partial charge < -0.3 is 10.4 Å². The van der Waals surface area contributed by atoms with Crippen molar-refractivity contribution in [2.24, 2.45) is 0 Å². The predicted molar refractivity (Wildman–Crippen MR) is 66.8 cm³/mol. The summed E-state index contributed by atoms with van der Waals surface area (Å²) in [4.78, 5) is 0. The molecule has 0 radical (unpaired) electrons. The Hall–Kier alpha value is -2.24. The van der Waals surface area contributed by atoms with E-state index in [9.17, 15) is 22.7 Å². The third-order valence-corrected chi connectivity index (χ3v) is 2.77. The molecule has 2 nitrogen and oxygen atoms in total. The highest BCUT2D eigenvalue weighted by Gasteiger charge is 2.33. The summed E-state index contributed by atoms with van der Waals surface area (Å²) in [5, 5.41) is 12.0. The van der Waals surface area contributed by atoms with Gasteiger partial charge in [0.05, 0.1) is 5.56 Å². The van der Waals surface area contributed by atoms with Crippen molar-refractivity contribution in [1.29, 1.82) is 0 Å². The van der Waals surface area contributed by atoms with E-state index in [0.717, 1.165) is 12.1 Å². The van der Waals surface area contributed by atoms with Gasteiger partial charge in [0.2, 0.25) is 0 Å². The molecule has 106 valence electrons. The number of hydrogen-bond donors (Lipinski definition) is 2. The van der Waals surface area contributed by atoms with Gasteiger partial charge in [0, 0.05) is 17.8 Å². The maximum absolute atomic E-state index is 13.1. The van der Waals surface area contributed by atoms with Crippen LogP contribution in [0.5, 0.6) is 5.75 Å². The first-order valence-corrected chi connectivity index (χ1v) is 5.76. The smallest absolute Gasteiger partial charge is 0.418 e. The Morgan fingerprint density at radius 2 is 1.70 bits per heavy atom. The van der Waals surface area contributed by atoms with Crippen LogP contribution in [-0.2, 0) is 12.7 Å². The SMILES string of the molecule is Oc1c(F)cccc1CNc1ccccc1C(F)(F)F. The molecule has 2 N–H and O–H groups in total. The van der Waals surface area contributed by atoms with Gasteiger partial charge in [0.1, 0.15) is 0 Å². The number of nitrogens with one attached hydrogen (secondary N) is 1. The highest BCUT2D eigenvalue weighted by atomic mass is 19.4. The van der Waals surface area contributed by atoms with Gasteiger partial charge in [-0.2, -0.15) is 13.2 Å². The largest absolute Gasteiger partial charge is 0.505 e. The summed E-state index contributed by atoms with van der Waals surface area (Å²) >= 11 is 0. The Labute approximate surface area is 112 Å². The number of benzene rings is 2. The normalized spacial score (nSPS) is 11.4. The quantitative estimate of drug-likeness (QED) is 0.830. The molecule has 0 aliphatic rings. The van der Waals surface area contributed by atoms with Crippen LogP contribution in [0.3, 0.4) is 0 Å². The van der Waals surface area contributed by atoms with Crippen molar-refractivity contribution in [3.63, 3.8) is 0 Å². The first kappa shape index (κ1) is 14.2. The average molecular weight is 285 g/mol. The molecular formula is C14H11F4NO. The number of alkyl halides is 3. The summed E-state index contributed by atoms with van der Waals surface area (Å²) in [5.41, 5.74) is -0.749. The second-order valence-electron chi connectivity index (χ2n) is 4.14. The molecule has 0 heterocycles. The average Bonchev–Trinajstić information content (AvgIpc) is 2.40. The van der Waals surface area contributed by atoms with Gasteiger partial charge in [-0.15, -0.1) is 0 Å². The zero-order valence-corrected chi connectivity index (χ0v) is 10.2. The lowest BCUT2D eigenvalue weighted by Crippen LogP contribution is -2.10. The molecule has 0 saturated heterocycles. The summed E-state index contributed by atoms with van der Waals surface area (Å²) in [6.45, 7) is -0.114. The molecule has 0 aliphatic heterocycles. The highest BCUT2D eigenvalue weighted by molar-refractivity contribution is 5.53. The van der Waals surface area contributed by atoms with Crippen LogP contribution in [0, 0.1) is 5.82 Å². The lowest BCUT2D eigenvalue weighted by Gasteiger charge is -2.14. The minimum atomic E-state index is -4.48. The number of rotatable bonds is 3. The zero-order chi connectivity index (χ0) is 14.8. The van der Waals surface area contributed by atoms with E-state index >= 15 is 0 Å². The van der Waals surface area contributed by atoms with Crippen LogP contribution < -0.4 is 5.32 Å². The maximum atomic E-state index is 13.1. The van der Waals surface area contributed by atoms with Crippen molar-refractivity contribution < 1.29 is 22.7 Å². The van der Waals surface area contributed by atoms with Crippen molar-refractivity contribution in [2.45, 2.75) is 12.7 Å². The second kappa shape index (κ2) is 5.40. The monoisotopic (exact) mass is 285 g/mol. The molecule has 0 aromatic heterocycles. The molecule has 0 spiro atoms. The van der Waals surface area contributed by atoms with Crippen LogP contribution in [0.2, 0.25) is 0 Å². The van der Waals surface area contributed by atoms with E-state index in [2.05, 4.69) is 5.32 Å². The molecule has 0 fully saturated rings. The lowest BCUT2D eigenvalue weighted by atomic mass is 10.1. The van der Waals surface area contributed by atoms with Gasteiger partial charge in [-0.25, -0.2) is 4.39 Å². The fraction of sp³-hybridized carbons (Fsp3) is 0.143. The van der Waals surface area contributed by atoms with E-state index in [1.807, 2.05) is 0 Å². The predicted octanol–water partition coefficient (Wildman–Crippen LogP) is 4.16. The van der Waals surface area contributed by atoms with Crippen LogP contribution in [0.15, 0.2) is 42.5 Å². The van der Waals surface area contributed by atoms with Crippen molar-refractivity contribution in [1.82, 2.24) is 0 Å². The van der Waals surface area contributed by atoms with Gasteiger partial charge in [-0.3, -0.25) is 0 Å². The van der Waals surface area contributed by atoms with Crippen molar-refractivity contribution in [3.05, 3.63) is 59.4 Å². The number of halogens is 4. The number of phenolic OH excluding ortho intramolecular Hbond substituents is 1. The molecule has 0 atom stereocenters. The first-order chi connectivity index (χ1) is 9.39. The van der Waals surface area contributed by atoms with E-state index in [0.29, 0.717) is 0 Å². The van der Waals surface area contributed by atoms with Crippen molar-refractivity contribution >= 4 is 5.69 Å². The molecule has 6 heteroatoms. The Balaban J connectivity index is 2.22.